The van der Waals surface area contributed by atoms with Gasteiger partial charge >= 0.3 is 0 Å². The fourth-order valence-corrected chi connectivity index (χ4v) is 2.36. The molecule has 0 spiro atoms. The maximum atomic E-state index is 11.9. The minimum absolute atomic E-state index is 0.0610. The van der Waals surface area contributed by atoms with E-state index in [2.05, 4.69) is 16.7 Å². The fraction of sp³-hybridized carbons (Fsp3) is 0.235. The third kappa shape index (κ3) is 4.80. The zero-order valence-electron chi connectivity index (χ0n) is 12.2. The Morgan fingerprint density at radius 3 is 2.43 bits per heavy atom. The number of anilines is 1. The molecule has 2 N–H and O–H groups in total. The molecule has 1 amide bonds. The van der Waals surface area contributed by atoms with Crippen molar-refractivity contribution in [1.82, 2.24) is 5.32 Å². The van der Waals surface area contributed by atoms with Gasteiger partial charge in [-0.2, -0.15) is 0 Å². The molecule has 0 aliphatic heterocycles. The number of nitrogens with one attached hydrogen (secondary N) is 2. The summed E-state index contributed by atoms with van der Waals surface area (Å²) >= 11 is 6.05. The van der Waals surface area contributed by atoms with Crippen molar-refractivity contribution in [3.8, 4) is 0 Å². The Kier molecular flexibility index (Phi) is 5.23. The van der Waals surface area contributed by atoms with Gasteiger partial charge in [-0.25, -0.2) is 0 Å². The Hall–Kier alpha value is -2.00. The summed E-state index contributed by atoms with van der Waals surface area (Å²) in [6, 6.07) is 13.6. The molecule has 4 heteroatoms. The van der Waals surface area contributed by atoms with Crippen LogP contribution in [-0.2, 0) is 11.3 Å². The van der Waals surface area contributed by atoms with Gasteiger partial charge in [0.2, 0.25) is 5.91 Å². The first-order chi connectivity index (χ1) is 10.0. The van der Waals surface area contributed by atoms with Crippen molar-refractivity contribution < 1.29 is 4.79 Å². The molecule has 0 fully saturated rings. The third-order valence-electron chi connectivity index (χ3n) is 3.11. The highest BCUT2D eigenvalue weighted by molar-refractivity contribution is 6.31. The standard InChI is InChI=1S/C17H19ClN2O/c1-12-7-13(2)9-15(8-12)19-11-17(21)20-10-14-5-3-4-6-16(14)18/h3-9,19H,10-11H2,1-2H3,(H,20,21). The summed E-state index contributed by atoms with van der Waals surface area (Å²) in [5, 5.41) is 6.65. The van der Waals surface area contributed by atoms with Gasteiger partial charge in [0.25, 0.3) is 0 Å². The number of aryl methyl sites for hydroxylation is 2. The first kappa shape index (κ1) is 15.4. The highest BCUT2D eigenvalue weighted by Gasteiger charge is 2.04. The second-order valence-electron chi connectivity index (χ2n) is 5.10. The molecule has 0 bridgehead atoms. The molecular weight excluding hydrogens is 284 g/mol. The number of hydrogen-bond acceptors (Lipinski definition) is 2. The van der Waals surface area contributed by atoms with E-state index in [4.69, 9.17) is 11.6 Å². The predicted octanol–water partition coefficient (Wildman–Crippen LogP) is 3.69. The van der Waals surface area contributed by atoms with Gasteiger partial charge in [-0.05, 0) is 48.7 Å². The Morgan fingerprint density at radius 2 is 1.76 bits per heavy atom. The topological polar surface area (TPSA) is 41.1 Å². The van der Waals surface area contributed by atoms with Crippen LogP contribution >= 0.6 is 11.6 Å². The Balaban J connectivity index is 1.84. The minimum Gasteiger partial charge on any atom is -0.376 e. The van der Waals surface area contributed by atoms with Gasteiger partial charge in [-0.15, -0.1) is 0 Å². The van der Waals surface area contributed by atoms with Crippen LogP contribution in [0, 0.1) is 13.8 Å². The molecule has 21 heavy (non-hydrogen) atoms. The number of carbonyl (C=O) groups is 1. The Labute approximate surface area is 130 Å². The number of carbonyl (C=O) groups excluding carboxylic acids is 1. The largest absolute Gasteiger partial charge is 0.376 e. The SMILES string of the molecule is Cc1cc(C)cc(NCC(=O)NCc2ccccc2Cl)c1. The van der Waals surface area contributed by atoms with E-state index in [0.29, 0.717) is 11.6 Å². The van der Waals surface area contributed by atoms with Crippen molar-refractivity contribution >= 4 is 23.2 Å². The van der Waals surface area contributed by atoms with E-state index in [9.17, 15) is 4.79 Å². The molecule has 0 aliphatic carbocycles. The van der Waals surface area contributed by atoms with Crippen LogP contribution in [0.1, 0.15) is 16.7 Å². The molecule has 0 saturated carbocycles. The minimum atomic E-state index is -0.0610. The molecule has 0 aliphatic rings. The lowest BCUT2D eigenvalue weighted by molar-refractivity contribution is -0.119. The maximum absolute atomic E-state index is 11.9. The summed E-state index contributed by atoms with van der Waals surface area (Å²) in [5.74, 6) is -0.0610. The molecule has 2 aromatic carbocycles. The molecular formula is C17H19ClN2O. The van der Waals surface area contributed by atoms with E-state index in [0.717, 1.165) is 11.3 Å². The molecule has 0 heterocycles. The molecule has 110 valence electrons. The van der Waals surface area contributed by atoms with Gasteiger partial charge in [-0.3, -0.25) is 4.79 Å². The average Bonchev–Trinajstić information content (AvgIpc) is 2.43. The summed E-state index contributed by atoms with van der Waals surface area (Å²) in [7, 11) is 0. The van der Waals surface area contributed by atoms with Gasteiger partial charge < -0.3 is 10.6 Å². The van der Waals surface area contributed by atoms with Gasteiger partial charge in [0.05, 0.1) is 6.54 Å². The van der Waals surface area contributed by atoms with Gasteiger partial charge in [-0.1, -0.05) is 35.9 Å². The summed E-state index contributed by atoms with van der Waals surface area (Å²) in [6.07, 6.45) is 0. The Bertz CT molecular complexity index is 620. The number of benzene rings is 2. The van der Waals surface area contributed by atoms with E-state index in [1.807, 2.05) is 50.2 Å². The smallest absolute Gasteiger partial charge is 0.239 e. The van der Waals surface area contributed by atoms with Crippen molar-refractivity contribution in [2.45, 2.75) is 20.4 Å². The normalized spacial score (nSPS) is 10.2. The van der Waals surface area contributed by atoms with Crippen molar-refractivity contribution in [2.75, 3.05) is 11.9 Å². The summed E-state index contributed by atoms with van der Waals surface area (Å²) < 4.78 is 0. The maximum Gasteiger partial charge on any atom is 0.239 e. The molecule has 0 atom stereocenters. The number of amides is 1. The first-order valence-electron chi connectivity index (χ1n) is 6.87. The van der Waals surface area contributed by atoms with Crippen molar-refractivity contribution in [1.29, 1.82) is 0 Å². The number of hydrogen-bond donors (Lipinski definition) is 2. The number of rotatable bonds is 5. The Morgan fingerprint density at radius 1 is 1.10 bits per heavy atom. The van der Waals surface area contributed by atoms with Crippen molar-refractivity contribution in [2.24, 2.45) is 0 Å². The van der Waals surface area contributed by atoms with Crippen LogP contribution in [0.5, 0.6) is 0 Å². The fourth-order valence-electron chi connectivity index (χ4n) is 2.16. The van der Waals surface area contributed by atoms with Crippen molar-refractivity contribution in [3.63, 3.8) is 0 Å². The van der Waals surface area contributed by atoms with Gasteiger partial charge in [0, 0.05) is 17.3 Å². The van der Waals surface area contributed by atoms with Crippen molar-refractivity contribution in [3.05, 3.63) is 64.2 Å². The van der Waals surface area contributed by atoms with Crippen LogP contribution in [0.25, 0.3) is 0 Å². The monoisotopic (exact) mass is 302 g/mol. The molecule has 0 radical (unpaired) electrons. The van der Waals surface area contributed by atoms with E-state index < -0.39 is 0 Å². The van der Waals surface area contributed by atoms with E-state index in [1.165, 1.54) is 11.1 Å². The van der Waals surface area contributed by atoms with Gasteiger partial charge in [0.15, 0.2) is 0 Å². The van der Waals surface area contributed by atoms with Crippen LogP contribution in [0.15, 0.2) is 42.5 Å². The summed E-state index contributed by atoms with van der Waals surface area (Å²) in [4.78, 5) is 11.9. The highest BCUT2D eigenvalue weighted by atomic mass is 35.5. The average molecular weight is 303 g/mol. The van der Waals surface area contributed by atoms with Crippen LogP contribution < -0.4 is 10.6 Å². The zero-order valence-corrected chi connectivity index (χ0v) is 13.0. The predicted molar refractivity (Wildman–Crippen MR) is 87.7 cm³/mol. The lowest BCUT2D eigenvalue weighted by Crippen LogP contribution is -2.29. The van der Waals surface area contributed by atoms with E-state index in [-0.39, 0.29) is 12.5 Å². The third-order valence-corrected chi connectivity index (χ3v) is 3.48. The van der Waals surface area contributed by atoms with Crippen LogP contribution in [0.4, 0.5) is 5.69 Å². The lowest BCUT2D eigenvalue weighted by Gasteiger charge is -2.10. The van der Waals surface area contributed by atoms with E-state index >= 15 is 0 Å². The summed E-state index contributed by atoms with van der Waals surface area (Å²) in [5.41, 5.74) is 4.22. The van der Waals surface area contributed by atoms with E-state index in [1.54, 1.807) is 0 Å². The first-order valence-corrected chi connectivity index (χ1v) is 7.24. The molecule has 3 nitrogen and oxygen atoms in total. The van der Waals surface area contributed by atoms with Crippen LogP contribution in [-0.4, -0.2) is 12.5 Å². The molecule has 0 aromatic heterocycles. The second-order valence-corrected chi connectivity index (χ2v) is 5.51. The van der Waals surface area contributed by atoms with Crippen LogP contribution in [0.2, 0.25) is 5.02 Å². The highest BCUT2D eigenvalue weighted by Crippen LogP contribution is 2.15. The second kappa shape index (κ2) is 7.14. The molecule has 2 rings (SSSR count). The molecule has 2 aromatic rings. The lowest BCUT2D eigenvalue weighted by atomic mass is 10.1. The van der Waals surface area contributed by atoms with Crippen LogP contribution in [0.3, 0.4) is 0 Å². The summed E-state index contributed by atoms with van der Waals surface area (Å²) in [6.45, 7) is 4.76. The van der Waals surface area contributed by atoms with Gasteiger partial charge in [0.1, 0.15) is 0 Å². The number of halogens is 1. The zero-order chi connectivity index (χ0) is 15.2. The molecule has 0 unspecified atom stereocenters. The quantitative estimate of drug-likeness (QED) is 0.884. The molecule has 0 saturated heterocycles.